The zero-order chi connectivity index (χ0) is 13.1. The maximum atomic E-state index is 11.1. The van der Waals surface area contributed by atoms with Crippen molar-refractivity contribution in [3.63, 3.8) is 0 Å². The molecule has 0 amide bonds. The van der Waals surface area contributed by atoms with Gasteiger partial charge in [-0.05, 0) is 17.5 Å². The average Bonchev–Trinajstić information content (AvgIpc) is 2.36. The maximum Gasteiger partial charge on any atom is 0.358 e. The van der Waals surface area contributed by atoms with Crippen LogP contribution in [0.3, 0.4) is 0 Å². The standard InChI is InChI=1S/C13H12N2O3/c1-18-15-12(13(16)17)9-6-5-8-3-2-4-11(14)10(8)7-9/h2-7H,14H2,1H3,(H,16,17). The van der Waals surface area contributed by atoms with Gasteiger partial charge in [0.1, 0.15) is 7.11 Å². The number of hydrogen-bond acceptors (Lipinski definition) is 4. The van der Waals surface area contributed by atoms with Gasteiger partial charge in [0, 0.05) is 16.6 Å². The van der Waals surface area contributed by atoms with Crippen LogP contribution in [0.4, 0.5) is 5.69 Å². The Bertz CT molecular complexity index is 635. The molecule has 0 spiro atoms. The van der Waals surface area contributed by atoms with Gasteiger partial charge in [-0.2, -0.15) is 0 Å². The summed E-state index contributed by atoms with van der Waals surface area (Å²) in [5.41, 5.74) is 6.75. The lowest BCUT2D eigenvalue weighted by Crippen LogP contribution is -2.14. The molecule has 2 aromatic rings. The van der Waals surface area contributed by atoms with Gasteiger partial charge in [0.25, 0.3) is 0 Å². The average molecular weight is 244 g/mol. The molecule has 5 heteroatoms. The van der Waals surface area contributed by atoms with Gasteiger partial charge in [0.15, 0.2) is 5.71 Å². The third-order valence-electron chi connectivity index (χ3n) is 2.57. The number of hydrogen-bond donors (Lipinski definition) is 2. The van der Waals surface area contributed by atoms with Gasteiger partial charge in [-0.15, -0.1) is 0 Å². The zero-order valence-corrected chi connectivity index (χ0v) is 9.75. The molecule has 0 unspecified atom stereocenters. The minimum atomic E-state index is -1.15. The highest BCUT2D eigenvalue weighted by molar-refractivity contribution is 6.42. The Labute approximate surface area is 103 Å². The molecular formula is C13H12N2O3. The minimum Gasteiger partial charge on any atom is -0.476 e. The van der Waals surface area contributed by atoms with Crippen molar-refractivity contribution in [2.75, 3.05) is 12.8 Å². The van der Waals surface area contributed by atoms with E-state index in [9.17, 15) is 4.79 Å². The van der Waals surface area contributed by atoms with E-state index in [1.807, 2.05) is 12.1 Å². The van der Waals surface area contributed by atoms with Crippen LogP contribution in [-0.2, 0) is 9.63 Å². The first-order valence-electron chi connectivity index (χ1n) is 5.26. The number of aliphatic carboxylic acids is 1. The number of nitrogens with zero attached hydrogens (tertiary/aromatic N) is 1. The van der Waals surface area contributed by atoms with Crippen molar-refractivity contribution in [1.82, 2.24) is 0 Å². The van der Waals surface area contributed by atoms with Crippen molar-refractivity contribution in [3.8, 4) is 0 Å². The summed E-state index contributed by atoms with van der Waals surface area (Å²) in [6.45, 7) is 0. The Morgan fingerprint density at radius 2 is 2.11 bits per heavy atom. The third kappa shape index (κ3) is 2.10. The summed E-state index contributed by atoms with van der Waals surface area (Å²) in [4.78, 5) is 15.6. The Hall–Kier alpha value is -2.56. The van der Waals surface area contributed by atoms with Crippen molar-refractivity contribution >= 4 is 28.1 Å². The Morgan fingerprint density at radius 1 is 1.33 bits per heavy atom. The second kappa shape index (κ2) is 4.75. The van der Waals surface area contributed by atoms with Crippen molar-refractivity contribution in [3.05, 3.63) is 42.0 Å². The monoisotopic (exact) mass is 244 g/mol. The molecule has 2 aromatic carbocycles. The van der Waals surface area contributed by atoms with E-state index in [1.54, 1.807) is 24.3 Å². The first-order chi connectivity index (χ1) is 8.63. The topological polar surface area (TPSA) is 84.9 Å². The number of nitrogen functional groups attached to an aromatic ring is 1. The van der Waals surface area contributed by atoms with Gasteiger partial charge >= 0.3 is 5.97 Å². The summed E-state index contributed by atoms with van der Waals surface area (Å²) in [6.07, 6.45) is 0. The summed E-state index contributed by atoms with van der Waals surface area (Å²) in [5.74, 6) is -1.15. The van der Waals surface area contributed by atoms with Crippen LogP contribution in [0.25, 0.3) is 10.8 Å². The molecule has 3 N–H and O–H groups in total. The fourth-order valence-electron chi connectivity index (χ4n) is 1.75. The van der Waals surface area contributed by atoms with E-state index >= 15 is 0 Å². The quantitative estimate of drug-likeness (QED) is 0.490. The lowest BCUT2D eigenvalue weighted by Gasteiger charge is -2.05. The number of rotatable bonds is 3. The van der Waals surface area contributed by atoms with Crippen LogP contribution in [-0.4, -0.2) is 23.9 Å². The molecule has 5 nitrogen and oxygen atoms in total. The number of fused-ring (bicyclic) bond motifs is 1. The number of carboxylic acids is 1. The highest BCUT2D eigenvalue weighted by atomic mass is 16.6. The Kier molecular flexibility index (Phi) is 3.14. The smallest absolute Gasteiger partial charge is 0.358 e. The van der Waals surface area contributed by atoms with Crippen molar-refractivity contribution < 1.29 is 14.7 Å². The summed E-state index contributed by atoms with van der Waals surface area (Å²) in [5, 5.41) is 14.3. The summed E-state index contributed by atoms with van der Waals surface area (Å²) >= 11 is 0. The number of anilines is 1. The highest BCUT2D eigenvalue weighted by Crippen LogP contribution is 2.22. The first kappa shape index (κ1) is 11.9. The molecule has 0 radical (unpaired) electrons. The van der Waals surface area contributed by atoms with Gasteiger partial charge in [0.05, 0.1) is 0 Å². The molecular weight excluding hydrogens is 232 g/mol. The fraction of sp³-hybridized carbons (Fsp3) is 0.0769. The van der Waals surface area contributed by atoms with E-state index in [0.717, 1.165) is 10.8 Å². The van der Waals surface area contributed by atoms with Crippen LogP contribution in [0, 0.1) is 0 Å². The van der Waals surface area contributed by atoms with Crippen molar-refractivity contribution in [2.24, 2.45) is 5.16 Å². The first-order valence-corrected chi connectivity index (χ1v) is 5.26. The molecule has 0 bridgehead atoms. The molecule has 0 aliphatic heterocycles. The second-order valence-electron chi connectivity index (χ2n) is 3.71. The van der Waals surface area contributed by atoms with Crippen molar-refractivity contribution in [2.45, 2.75) is 0 Å². The summed E-state index contributed by atoms with van der Waals surface area (Å²) in [6, 6.07) is 10.7. The minimum absolute atomic E-state index is 0.150. The SMILES string of the molecule is CON=C(C(=O)O)c1ccc2cccc(N)c2c1. The van der Waals surface area contributed by atoms with Crippen LogP contribution in [0.1, 0.15) is 5.56 Å². The summed E-state index contributed by atoms with van der Waals surface area (Å²) in [7, 11) is 1.30. The van der Waals surface area contributed by atoms with E-state index < -0.39 is 5.97 Å². The van der Waals surface area contributed by atoms with Crippen LogP contribution in [0.2, 0.25) is 0 Å². The Morgan fingerprint density at radius 3 is 2.78 bits per heavy atom. The number of benzene rings is 2. The van der Waals surface area contributed by atoms with E-state index in [0.29, 0.717) is 11.3 Å². The largest absolute Gasteiger partial charge is 0.476 e. The van der Waals surface area contributed by atoms with Gasteiger partial charge in [0.2, 0.25) is 0 Å². The molecule has 0 aromatic heterocycles. The van der Waals surface area contributed by atoms with E-state index in [-0.39, 0.29) is 5.71 Å². The van der Waals surface area contributed by atoms with Crippen molar-refractivity contribution in [1.29, 1.82) is 0 Å². The highest BCUT2D eigenvalue weighted by Gasteiger charge is 2.14. The molecule has 0 saturated heterocycles. The predicted molar refractivity (Wildman–Crippen MR) is 69.5 cm³/mol. The van der Waals surface area contributed by atoms with Gasteiger partial charge in [-0.3, -0.25) is 0 Å². The van der Waals surface area contributed by atoms with Gasteiger partial charge < -0.3 is 15.7 Å². The van der Waals surface area contributed by atoms with Crippen LogP contribution < -0.4 is 5.73 Å². The van der Waals surface area contributed by atoms with E-state index in [4.69, 9.17) is 10.8 Å². The molecule has 0 fully saturated rings. The summed E-state index contributed by atoms with van der Waals surface area (Å²) < 4.78 is 0. The second-order valence-corrected chi connectivity index (χ2v) is 3.71. The molecule has 0 aliphatic carbocycles. The molecule has 0 atom stereocenters. The van der Waals surface area contributed by atoms with Crippen LogP contribution >= 0.6 is 0 Å². The predicted octanol–water partition coefficient (Wildman–Crippen LogP) is 1.86. The molecule has 18 heavy (non-hydrogen) atoms. The van der Waals surface area contributed by atoms with Gasteiger partial charge in [-0.1, -0.05) is 29.4 Å². The van der Waals surface area contributed by atoms with Crippen LogP contribution in [0.5, 0.6) is 0 Å². The maximum absolute atomic E-state index is 11.1. The zero-order valence-electron chi connectivity index (χ0n) is 9.75. The fourth-order valence-corrected chi connectivity index (χ4v) is 1.75. The molecule has 0 heterocycles. The number of carbonyl (C=O) groups is 1. The number of nitrogens with two attached hydrogens (primary N) is 1. The molecule has 0 aliphatic rings. The van der Waals surface area contributed by atoms with Crippen LogP contribution in [0.15, 0.2) is 41.6 Å². The van der Waals surface area contributed by atoms with E-state index in [1.165, 1.54) is 7.11 Å². The van der Waals surface area contributed by atoms with Gasteiger partial charge in [-0.25, -0.2) is 4.79 Å². The van der Waals surface area contributed by atoms with E-state index in [2.05, 4.69) is 9.99 Å². The third-order valence-corrected chi connectivity index (χ3v) is 2.57. The normalized spacial score (nSPS) is 11.5. The molecule has 92 valence electrons. The number of oxime groups is 1. The lowest BCUT2D eigenvalue weighted by atomic mass is 10.0. The molecule has 0 saturated carbocycles. The number of carboxylic acid groups (broad SMARTS) is 1. The lowest BCUT2D eigenvalue weighted by molar-refractivity contribution is -0.129. The Balaban J connectivity index is 2.62. The molecule has 2 rings (SSSR count).